The maximum atomic E-state index is 12.1. The molecule has 0 radical (unpaired) electrons. The summed E-state index contributed by atoms with van der Waals surface area (Å²) in [5.41, 5.74) is 3.89. The van der Waals surface area contributed by atoms with Crippen LogP contribution in [-0.2, 0) is 9.59 Å². The Bertz CT molecular complexity index is 1040. The van der Waals surface area contributed by atoms with Crippen LogP contribution in [0.3, 0.4) is 0 Å². The van der Waals surface area contributed by atoms with Crippen molar-refractivity contribution in [2.75, 3.05) is 6.79 Å². The van der Waals surface area contributed by atoms with Gasteiger partial charge in [-0.25, -0.2) is 0 Å². The normalized spacial score (nSPS) is 16.8. The Balaban J connectivity index is 1.66. The number of aryl methyl sites for hydroxylation is 1. The van der Waals surface area contributed by atoms with Crippen molar-refractivity contribution in [1.82, 2.24) is 9.88 Å². The van der Waals surface area contributed by atoms with Crippen molar-refractivity contribution in [2.45, 2.75) is 20.8 Å². The fraction of sp³-hybridized carbons (Fsp3) is 0.211. The molecule has 0 saturated heterocycles. The van der Waals surface area contributed by atoms with Crippen LogP contribution in [0.1, 0.15) is 23.9 Å². The first-order valence-electron chi connectivity index (χ1n) is 8.31. The van der Waals surface area contributed by atoms with Crippen molar-refractivity contribution >= 4 is 34.8 Å². The van der Waals surface area contributed by atoms with E-state index < -0.39 is 0 Å². The predicted molar refractivity (Wildman–Crippen MR) is 103 cm³/mol. The summed E-state index contributed by atoms with van der Waals surface area (Å²) in [6.07, 6.45) is 1.80. The second-order valence-electron chi connectivity index (χ2n) is 6.21. The lowest BCUT2D eigenvalue weighted by Crippen LogP contribution is -2.23. The number of aliphatic imine (C=N–C) groups is 1. The third-order valence-electron chi connectivity index (χ3n) is 4.27. The van der Waals surface area contributed by atoms with E-state index in [1.54, 1.807) is 6.08 Å². The van der Waals surface area contributed by atoms with E-state index in [2.05, 4.69) is 14.9 Å². The summed E-state index contributed by atoms with van der Waals surface area (Å²) in [5, 5.41) is 2.86. The summed E-state index contributed by atoms with van der Waals surface area (Å²) in [5.74, 6) is 0.849. The number of aromatic nitrogens is 1. The van der Waals surface area contributed by atoms with Gasteiger partial charge in [-0.2, -0.15) is 4.99 Å². The van der Waals surface area contributed by atoms with E-state index in [0.29, 0.717) is 10.1 Å². The molecule has 8 heteroatoms. The fourth-order valence-corrected chi connectivity index (χ4v) is 3.96. The molecule has 0 unspecified atom stereocenters. The highest BCUT2D eigenvalue weighted by Crippen LogP contribution is 2.35. The Morgan fingerprint density at radius 1 is 1.26 bits per heavy atom. The Kier molecular flexibility index (Phi) is 4.27. The maximum Gasteiger partial charge on any atom is 0.286 e. The third-order valence-corrected chi connectivity index (χ3v) is 5.17. The van der Waals surface area contributed by atoms with Crippen LogP contribution in [0.5, 0.6) is 11.5 Å². The largest absolute Gasteiger partial charge is 0.454 e. The Hall–Kier alpha value is -3.00. The summed E-state index contributed by atoms with van der Waals surface area (Å²) in [6, 6.07) is 7.81. The van der Waals surface area contributed by atoms with Gasteiger partial charge in [-0.1, -0.05) is 0 Å². The van der Waals surface area contributed by atoms with E-state index in [0.717, 1.165) is 45.9 Å². The lowest BCUT2D eigenvalue weighted by molar-refractivity contribution is -0.117. The molecule has 138 valence electrons. The SMILES string of the molecule is CC(=O)NC1=NC(=O)/C(=C/c2cc(C)n(-c3ccc4c(c3)OCO4)c2C)S1. The Labute approximate surface area is 160 Å². The number of fused-ring (bicyclic) bond motifs is 1. The van der Waals surface area contributed by atoms with Crippen LogP contribution >= 0.6 is 11.8 Å². The number of rotatable bonds is 2. The number of hydrogen-bond donors (Lipinski definition) is 1. The molecule has 27 heavy (non-hydrogen) atoms. The highest BCUT2D eigenvalue weighted by molar-refractivity contribution is 8.18. The molecular formula is C19H17N3O4S. The van der Waals surface area contributed by atoms with Crippen molar-refractivity contribution in [3.63, 3.8) is 0 Å². The number of benzene rings is 1. The maximum absolute atomic E-state index is 12.1. The second-order valence-corrected chi connectivity index (χ2v) is 7.24. The van der Waals surface area contributed by atoms with Crippen LogP contribution in [0, 0.1) is 13.8 Å². The minimum absolute atomic E-state index is 0.232. The van der Waals surface area contributed by atoms with Gasteiger partial charge in [0.25, 0.3) is 5.91 Å². The number of nitrogens with one attached hydrogen (secondary N) is 1. The summed E-state index contributed by atoms with van der Waals surface area (Å²) in [4.78, 5) is 27.6. The van der Waals surface area contributed by atoms with Crippen molar-refractivity contribution in [1.29, 1.82) is 0 Å². The minimum Gasteiger partial charge on any atom is -0.454 e. The van der Waals surface area contributed by atoms with E-state index in [-0.39, 0.29) is 18.6 Å². The van der Waals surface area contributed by atoms with Crippen LogP contribution in [0.25, 0.3) is 11.8 Å². The molecule has 0 saturated carbocycles. The van der Waals surface area contributed by atoms with Crippen molar-refractivity contribution < 1.29 is 19.1 Å². The van der Waals surface area contributed by atoms with Gasteiger partial charge in [0.15, 0.2) is 16.7 Å². The highest BCUT2D eigenvalue weighted by atomic mass is 32.2. The predicted octanol–water partition coefficient (Wildman–Crippen LogP) is 2.93. The van der Waals surface area contributed by atoms with Gasteiger partial charge in [-0.05, 0) is 55.4 Å². The molecule has 4 rings (SSSR count). The van der Waals surface area contributed by atoms with Gasteiger partial charge in [-0.3, -0.25) is 9.59 Å². The number of carbonyl (C=O) groups is 2. The molecule has 0 aliphatic carbocycles. The number of hydrogen-bond acceptors (Lipinski definition) is 5. The van der Waals surface area contributed by atoms with E-state index in [4.69, 9.17) is 9.47 Å². The molecular weight excluding hydrogens is 366 g/mol. The second kappa shape index (κ2) is 6.62. The molecule has 2 aliphatic rings. The van der Waals surface area contributed by atoms with Gasteiger partial charge < -0.3 is 19.4 Å². The molecule has 2 aliphatic heterocycles. The minimum atomic E-state index is -0.350. The van der Waals surface area contributed by atoms with Gasteiger partial charge in [-0.15, -0.1) is 0 Å². The summed E-state index contributed by atoms with van der Waals surface area (Å²) in [7, 11) is 0. The Morgan fingerprint density at radius 2 is 2.04 bits per heavy atom. The molecule has 0 spiro atoms. The molecule has 1 aromatic heterocycles. The van der Waals surface area contributed by atoms with Gasteiger partial charge >= 0.3 is 0 Å². The molecule has 3 heterocycles. The highest BCUT2D eigenvalue weighted by Gasteiger charge is 2.23. The van der Waals surface area contributed by atoms with Crippen LogP contribution in [0.2, 0.25) is 0 Å². The number of amides is 2. The van der Waals surface area contributed by atoms with Crippen LogP contribution in [0.4, 0.5) is 0 Å². The van der Waals surface area contributed by atoms with E-state index in [9.17, 15) is 9.59 Å². The van der Waals surface area contributed by atoms with Crippen LogP contribution in [-0.4, -0.2) is 28.3 Å². The number of thioether (sulfide) groups is 1. The van der Waals surface area contributed by atoms with E-state index in [1.165, 1.54) is 6.92 Å². The first-order chi connectivity index (χ1) is 12.9. The fourth-order valence-electron chi connectivity index (χ4n) is 3.11. The van der Waals surface area contributed by atoms with Gasteiger partial charge in [0, 0.05) is 30.1 Å². The zero-order chi connectivity index (χ0) is 19.1. The quantitative estimate of drug-likeness (QED) is 0.807. The molecule has 2 aromatic rings. The molecule has 0 bridgehead atoms. The first-order valence-corrected chi connectivity index (χ1v) is 9.13. The zero-order valence-electron chi connectivity index (χ0n) is 15.0. The first kappa shape index (κ1) is 17.4. The lowest BCUT2D eigenvalue weighted by Gasteiger charge is -2.10. The molecule has 1 aromatic carbocycles. The van der Waals surface area contributed by atoms with Crippen molar-refractivity contribution in [2.24, 2.45) is 4.99 Å². The number of nitrogens with zero attached hydrogens (tertiary/aromatic N) is 2. The van der Waals surface area contributed by atoms with Gasteiger partial charge in [0.2, 0.25) is 12.7 Å². The summed E-state index contributed by atoms with van der Waals surface area (Å²) in [6.45, 7) is 5.61. The van der Waals surface area contributed by atoms with E-state index in [1.807, 2.05) is 38.1 Å². The number of carbonyl (C=O) groups excluding carboxylic acids is 2. The smallest absolute Gasteiger partial charge is 0.286 e. The number of ether oxygens (including phenoxy) is 2. The number of amidine groups is 1. The van der Waals surface area contributed by atoms with Crippen LogP contribution < -0.4 is 14.8 Å². The molecule has 7 nitrogen and oxygen atoms in total. The van der Waals surface area contributed by atoms with Crippen molar-refractivity contribution in [3.05, 3.63) is 46.1 Å². The average Bonchev–Trinajstić information content (AvgIpc) is 3.26. The van der Waals surface area contributed by atoms with Crippen molar-refractivity contribution in [3.8, 4) is 17.2 Å². The lowest BCUT2D eigenvalue weighted by atomic mass is 10.2. The molecule has 1 N–H and O–H groups in total. The van der Waals surface area contributed by atoms with E-state index >= 15 is 0 Å². The van der Waals surface area contributed by atoms with Gasteiger partial charge in [0.05, 0.1) is 4.91 Å². The Morgan fingerprint density at radius 3 is 2.81 bits per heavy atom. The summed E-state index contributed by atoms with van der Waals surface area (Å²) < 4.78 is 12.9. The topological polar surface area (TPSA) is 81.9 Å². The molecule has 0 fully saturated rings. The molecule has 0 atom stereocenters. The summed E-state index contributed by atoms with van der Waals surface area (Å²) >= 11 is 1.16. The molecule has 2 amide bonds. The monoisotopic (exact) mass is 383 g/mol. The van der Waals surface area contributed by atoms with Crippen LogP contribution in [0.15, 0.2) is 34.2 Å². The zero-order valence-corrected chi connectivity index (χ0v) is 15.8. The van der Waals surface area contributed by atoms with Gasteiger partial charge in [0.1, 0.15) is 0 Å². The average molecular weight is 383 g/mol. The standard InChI is InChI=1S/C19H17N3O4S/c1-10-6-13(7-17-18(24)21-19(27-17)20-12(3)23)11(2)22(10)14-4-5-15-16(8-14)26-9-25-15/h4-8H,9H2,1-3H3,(H,20,21,23,24)/b17-7-. The third kappa shape index (κ3) is 3.23.